The standard InChI is InChI=1S/C30H40N4O4/c35-28(33-26(30(37)38)16-15-22-9-3-1-4-10-22)20-25(19-23-11-5-2-6-12-23)32-29(36)27-14-8-18-34(27)21-24-13-7-17-31-24/h1-6,9-12,24-27,31H,7-8,13-21H2,(H,32,36)(H,33,35)(H,37,38)/t24-,25+,26+,27-/m1/s1. The Morgan fingerprint density at radius 1 is 0.947 bits per heavy atom. The van der Waals surface area contributed by atoms with Crippen LogP contribution in [0.5, 0.6) is 0 Å². The minimum absolute atomic E-state index is 0.0205. The molecule has 0 radical (unpaired) electrons. The van der Waals surface area contributed by atoms with Crippen LogP contribution in [0.4, 0.5) is 0 Å². The number of nitrogens with one attached hydrogen (secondary N) is 3. The number of aryl methyl sites for hydroxylation is 1. The molecule has 0 unspecified atom stereocenters. The second kappa shape index (κ2) is 14.1. The molecule has 0 bridgehead atoms. The molecule has 2 aromatic rings. The van der Waals surface area contributed by atoms with Gasteiger partial charge < -0.3 is 21.1 Å². The van der Waals surface area contributed by atoms with E-state index in [9.17, 15) is 19.5 Å². The van der Waals surface area contributed by atoms with E-state index in [1.807, 2.05) is 60.7 Å². The van der Waals surface area contributed by atoms with Crippen molar-refractivity contribution in [3.05, 3.63) is 71.8 Å². The summed E-state index contributed by atoms with van der Waals surface area (Å²) in [7, 11) is 0. The van der Waals surface area contributed by atoms with Gasteiger partial charge in [0, 0.05) is 25.0 Å². The van der Waals surface area contributed by atoms with Gasteiger partial charge in [-0.2, -0.15) is 0 Å². The molecular weight excluding hydrogens is 480 g/mol. The minimum atomic E-state index is -1.06. The lowest BCUT2D eigenvalue weighted by Crippen LogP contribution is -2.51. The highest BCUT2D eigenvalue weighted by Gasteiger charge is 2.34. The van der Waals surface area contributed by atoms with E-state index < -0.39 is 18.1 Å². The van der Waals surface area contributed by atoms with Gasteiger partial charge >= 0.3 is 5.97 Å². The second-order valence-corrected chi connectivity index (χ2v) is 10.5. The second-order valence-electron chi connectivity index (χ2n) is 10.5. The topological polar surface area (TPSA) is 111 Å². The Hall–Kier alpha value is -3.23. The monoisotopic (exact) mass is 520 g/mol. The molecule has 2 aliphatic heterocycles. The maximum absolute atomic E-state index is 13.4. The summed E-state index contributed by atoms with van der Waals surface area (Å²) in [6.45, 7) is 2.80. The zero-order valence-corrected chi connectivity index (χ0v) is 22.0. The Morgan fingerprint density at radius 3 is 2.32 bits per heavy atom. The van der Waals surface area contributed by atoms with Crippen molar-refractivity contribution in [2.24, 2.45) is 0 Å². The Morgan fingerprint density at radius 2 is 1.66 bits per heavy atom. The summed E-state index contributed by atoms with van der Waals surface area (Å²) < 4.78 is 0. The minimum Gasteiger partial charge on any atom is -0.480 e. The first-order valence-electron chi connectivity index (χ1n) is 13.9. The molecule has 8 nitrogen and oxygen atoms in total. The van der Waals surface area contributed by atoms with Crippen molar-refractivity contribution in [2.45, 2.75) is 75.5 Å². The fraction of sp³-hybridized carbons (Fsp3) is 0.500. The van der Waals surface area contributed by atoms with Crippen molar-refractivity contribution >= 4 is 17.8 Å². The molecule has 204 valence electrons. The summed E-state index contributed by atoms with van der Waals surface area (Å²) >= 11 is 0. The molecule has 2 heterocycles. The van der Waals surface area contributed by atoms with E-state index in [0.717, 1.165) is 50.0 Å². The van der Waals surface area contributed by atoms with E-state index in [0.29, 0.717) is 25.3 Å². The number of hydrogen-bond donors (Lipinski definition) is 4. The third-order valence-corrected chi connectivity index (χ3v) is 7.58. The number of hydrogen-bond acceptors (Lipinski definition) is 5. The largest absolute Gasteiger partial charge is 0.480 e. The van der Waals surface area contributed by atoms with Crippen LogP contribution >= 0.6 is 0 Å². The van der Waals surface area contributed by atoms with E-state index in [1.165, 1.54) is 6.42 Å². The van der Waals surface area contributed by atoms with Crippen LogP contribution in [0.15, 0.2) is 60.7 Å². The number of carbonyl (C=O) groups is 3. The third kappa shape index (κ3) is 8.39. The summed E-state index contributed by atoms with van der Waals surface area (Å²) in [6.07, 6.45) is 5.47. The highest BCUT2D eigenvalue weighted by molar-refractivity contribution is 5.85. The Kier molecular flexibility index (Phi) is 10.3. The zero-order valence-electron chi connectivity index (χ0n) is 22.0. The first-order valence-corrected chi connectivity index (χ1v) is 13.9. The predicted molar refractivity (Wildman–Crippen MR) is 147 cm³/mol. The Labute approximate surface area is 225 Å². The van der Waals surface area contributed by atoms with Crippen LogP contribution in [0.25, 0.3) is 0 Å². The molecule has 2 aliphatic rings. The van der Waals surface area contributed by atoms with Gasteiger partial charge in [0.25, 0.3) is 0 Å². The van der Waals surface area contributed by atoms with Gasteiger partial charge in [-0.25, -0.2) is 4.79 Å². The molecule has 2 amide bonds. The molecule has 2 saturated heterocycles. The SMILES string of the molecule is O=C(C[C@H](Cc1ccccc1)NC(=O)[C@H]1CCCN1C[C@H]1CCCN1)N[C@@H](CCc1ccccc1)C(=O)O. The van der Waals surface area contributed by atoms with Crippen LogP contribution in [-0.4, -0.2) is 71.6 Å². The van der Waals surface area contributed by atoms with Gasteiger partial charge in [0.15, 0.2) is 0 Å². The first kappa shape index (κ1) is 27.8. The summed E-state index contributed by atoms with van der Waals surface area (Å²) in [5.41, 5.74) is 2.04. The predicted octanol–water partition coefficient (Wildman–Crippen LogP) is 2.52. The van der Waals surface area contributed by atoms with Gasteiger partial charge in [0.05, 0.1) is 6.04 Å². The summed E-state index contributed by atoms with van der Waals surface area (Å²) in [5.74, 6) is -1.47. The molecule has 8 heteroatoms. The summed E-state index contributed by atoms with van der Waals surface area (Å²) in [4.78, 5) is 40.6. The van der Waals surface area contributed by atoms with Gasteiger partial charge in [0.2, 0.25) is 11.8 Å². The number of rotatable bonds is 13. The van der Waals surface area contributed by atoms with E-state index in [1.54, 1.807) is 0 Å². The Bertz CT molecular complexity index is 1040. The molecular formula is C30H40N4O4. The average molecular weight is 521 g/mol. The average Bonchev–Trinajstić information content (AvgIpc) is 3.60. The maximum Gasteiger partial charge on any atom is 0.326 e. The van der Waals surface area contributed by atoms with Crippen molar-refractivity contribution in [1.29, 1.82) is 0 Å². The molecule has 0 aromatic heterocycles. The molecule has 4 rings (SSSR count). The van der Waals surface area contributed by atoms with Crippen LogP contribution in [0.2, 0.25) is 0 Å². The van der Waals surface area contributed by atoms with Crippen LogP contribution in [0, 0.1) is 0 Å². The van der Waals surface area contributed by atoms with E-state index in [-0.39, 0.29) is 24.3 Å². The number of carboxylic acids is 1. The highest BCUT2D eigenvalue weighted by Crippen LogP contribution is 2.20. The number of likely N-dealkylation sites (tertiary alicyclic amines) is 1. The molecule has 0 saturated carbocycles. The number of benzene rings is 2. The van der Waals surface area contributed by atoms with E-state index in [2.05, 4.69) is 20.9 Å². The quantitative estimate of drug-likeness (QED) is 0.323. The fourth-order valence-corrected chi connectivity index (χ4v) is 5.60. The molecule has 2 fully saturated rings. The normalized spacial score (nSPS) is 21.1. The van der Waals surface area contributed by atoms with Crippen LogP contribution < -0.4 is 16.0 Å². The van der Waals surface area contributed by atoms with Gasteiger partial charge in [-0.15, -0.1) is 0 Å². The van der Waals surface area contributed by atoms with Crippen LogP contribution in [0.1, 0.15) is 49.7 Å². The number of amides is 2. The lowest BCUT2D eigenvalue weighted by Gasteiger charge is -2.28. The lowest BCUT2D eigenvalue weighted by molar-refractivity contribution is -0.142. The number of carbonyl (C=O) groups excluding carboxylic acids is 2. The van der Waals surface area contributed by atoms with Crippen LogP contribution in [0.3, 0.4) is 0 Å². The highest BCUT2D eigenvalue weighted by atomic mass is 16.4. The maximum atomic E-state index is 13.4. The van der Waals surface area contributed by atoms with Gasteiger partial charge in [-0.05, 0) is 69.2 Å². The molecule has 0 spiro atoms. The van der Waals surface area contributed by atoms with Gasteiger partial charge in [-0.3, -0.25) is 14.5 Å². The smallest absolute Gasteiger partial charge is 0.326 e. The number of nitrogens with zero attached hydrogens (tertiary/aromatic N) is 1. The van der Waals surface area contributed by atoms with Crippen molar-refractivity contribution in [3.63, 3.8) is 0 Å². The van der Waals surface area contributed by atoms with Crippen molar-refractivity contribution in [1.82, 2.24) is 20.9 Å². The fourth-order valence-electron chi connectivity index (χ4n) is 5.60. The Balaban J connectivity index is 1.37. The third-order valence-electron chi connectivity index (χ3n) is 7.58. The van der Waals surface area contributed by atoms with Crippen LogP contribution in [-0.2, 0) is 27.2 Å². The van der Waals surface area contributed by atoms with Gasteiger partial charge in [0.1, 0.15) is 6.04 Å². The van der Waals surface area contributed by atoms with Crippen molar-refractivity contribution < 1.29 is 19.5 Å². The molecule has 4 N–H and O–H groups in total. The van der Waals surface area contributed by atoms with Gasteiger partial charge in [-0.1, -0.05) is 60.7 Å². The number of aliphatic carboxylic acids is 1. The molecule has 2 aromatic carbocycles. The summed E-state index contributed by atoms with van der Waals surface area (Å²) in [5, 5.41) is 19.1. The van der Waals surface area contributed by atoms with E-state index >= 15 is 0 Å². The first-order chi connectivity index (χ1) is 18.5. The lowest BCUT2D eigenvalue weighted by atomic mass is 10.0. The zero-order chi connectivity index (χ0) is 26.7. The summed E-state index contributed by atoms with van der Waals surface area (Å²) in [6, 6.07) is 18.2. The van der Waals surface area contributed by atoms with Crippen molar-refractivity contribution in [2.75, 3.05) is 19.6 Å². The number of carboxylic acid groups (broad SMARTS) is 1. The molecule has 0 aliphatic carbocycles. The van der Waals surface area contributed by atoms with E-state index in [4.69, 9.17) is 0 Å². The van der Waals surface area contributed by atoms with Crippen molar-refractivity contribution in [3.8, 4) is 0 Å². The molecule has 38 heavy (non-hydrogen) atoms. The molecule has 4 atom stereocenters.